The molecule has 1 fully saturated rings. The van der Waals surface area contributed by atoms with Crippen molar-refractivity contribution in [2.75, 3.05) is 0 Å². The van der Waals surface area contributed by atoms with Crippen LogP contribution in [0.2, 0.25) is 0 Å². The Morgan fingerprint density at radius 2 is 1.92 bits per heavy atom. The summed E-state index contributed by atoms with van der Waals surface area (Å²) in [6.07, 6.45) is -0.0694. The number of nitrogens with zero attached hydrogens (tertiary/aromatic N) is 6. The van der Waals surface area contributed by atoms with E-state index in [4.69, 9.17) is 5.53 Å². The topological polar surface area (TPSA) is 110 Å². The van der Waals surface area contributed by atoms with E-state index >= 15 is 0 Å². The molecule has 8 heteroatoms. The fourth-order valence-corrected chi connectivity index (χ4v) is 0.512. The van der Waals surface area contributed by atoms with E-state index in [-0.39, 0.29) is 41.4 Å². The van der Waals surface area contributed by atoms with Gasteiger partial charge in [0.1, 0.15) is 0 Å². The van der Waals surface area contributed by atoms with E-state index in [0.29, 0.717) is 0 Å². The molecule has 0 aromatic heterocycles. The van der Waals surface area contributed by atoms with Gasteiger partial charge in [-0.15, -0.1) is 0 Å². The molecule has 1 heterocycles. The van der Waals surface area contributed by atoms with Crippen molar-refractivity contribution < 1.29 is 39.1 Å². The summed E-state index contributed by atoms with van der Waals surface area (Å²) in [6.45, 7) is 1.23. The molecule has 0 N–H and O–H groups in total. The van der Waals surface area contributed by atoms with E-state index in [1.165, 1.54) is 6.92 Å². The SMILES string of the molecule is CC(=O)C(=[N+]=[N-])[C]1[N][N][N][N]1.[Na+]. The van der Waals surface area contributed by atoms with Crippen LogP contribution in [-0.2, 0) is 4.79 Å². The van der Waals surface area contributed by atoms with Gasteiger partial charge in [-0.1, -0.05) is 10.9 Å². The van der Waals surface area contributed by atoms with Gasteiger partial charge < -0.3 is 5.53 Å². The van der Waals surface area contributed by atoms with Crippen LogP contribution in [0.1, 0.15) is 6.92 Å². The molecule has 55 valence electrons. The Balaban J connectivity index is 0.00000121. The summed E-state index contributed by atoms with van der Waals surface area (Å²) in [6, 6.07) is 0. The second-order valence-corrected chi connectivity index (χ2v) is 1.71. The first-order chi connectivity index (χ1) is 5.25. The zero-order chi connectivity index (χ0) is 8.27. The summed E-state index contributed by atoms with van der Waals surface area (Å²) in [5, 5.41) is 0. The molecule has 12 heavy (non-hydrogen) atoms. The number of hydrogen-bond acceptors (Lipinski definition) is 1. The van der Waals surface area contributed by atoms with Crippen LogP contribution in [0.15, 0.2) is 0 Å². The van der Waals surface area contributed by atoms with Crippen molar-refractivity contribution in [1.82, 2.24) is 21.9 Å². The van der Waals surface area contributed by atoms with Crippen molar-refractivity contribution in [3.8, 4) is 0 Å². The summed E-state index contributed by atoms with van der Waals surface area (Å²) < 4.78 is 0. The third-order valence-corrected chi connectivity index (χ3v) is 0.964. The fraction of sp³-hybridized carbons (Fsp3) is 0.250. The Morgan fingerprint density at radius 1 is 1.42 bits per heavy atom. The monoisotopic (exact) mass is 174 g/mol. The van der Waals surface area contributed by atoms with Gasteiger partial charge in [0.2, 0.25) is 5.78 Å². The van der Waals surface area contributed by atoms with E-state index in [9.17, 15) is 4.79 Å². The molecule has 0 unspecified atom stereocenters. The van der Waals surface area contributed by atoms with Gasteiger partial charge in [-0.05, 0) is 11.1 Å². The summed E-state index contributed by atoms with van der Waals surface area (Å²) in [4.78, 5) is 13.3. The Kier molecular flexibility index (Phi) is 5.47. The van der Waals surface area contributed by atoms with Gasteiger partial charge in [-0.3, -0.25) is 4.79 Å². The minimum atomic E-state index is -0.442. The van der Waals surface area contributed by atoms with Crippen LogP contribution in [0.3, 0.4) is 0 Å². The quantitative estimate of drug-likeness (QED) is 0.177. The third-order valence-electron chi connectivity index (χ3n) is 0.964. The average molecular weight is 174 g/mol. The Morgan fingerprint density at radius 3 is 2.25 bits per heavy atom. The zero-order valence-electron chi connectivity index (χ0n) is 6.59. The number of carbonyl (C=O) groups is 1. The molecule has 7 nitrogen and oxygen atoms in total. The number of ketones is 1. The molecule has 0 saturated carbocycles. The molecule has 0 bridgehead atoms. The second-order valence-electron chi connectivity index (χ2n) is 1.71. The molecular formula is C4H3N6NaO+. The molecule has 0 aromatic carbocycles. The molecule has 0 amide bonds. The predicted molar refractivity (Wildman–Crippen MR) is 31.1 cm³/mol. The first-order valence-electron chi connectivity index (χ1n) is 2.67. The van der Waals surface area contributed by atoms with Crippen LogP contribution in [0.4, 0.5) is 0 Å². The smallest absolute Gasteiger partial charge is 0.361 e. The van der Waals surface area contributed by atoms with Crippen LogP contribution in [0, 0.1) is 6.17 Å². The van der Waals surface area contributed by atoms with E-state index in [1.807, 2.05) is 0 Å². The Labute approximate surface area is 91.1 Å². The largest absolute Gasteiger partial charge is 1.00 e. The van der Waals surface area contributed by atoms with Gasteiger partial charge in [0.05, 0.1) is 0 Å². The molecule has 1 aliphatic heterocycles. The molecule has 1 saturated heterocycles. The van der Waals surface area contributed by atoms with Gasteiger partial charge in [0, 0.05) is 6.92 Å². The maximum atomic E-state index is 10.6. The van der Waals surface area contributed by atoms with Crippen molar-refractivity contribution in [2.24, 2.45) is 0 Å². The molecule has 0 aromatic rings. The van der Waals surface area contributed by atoms with Crippen molar-refractivity contribution >= 4 is 11.5 Å². The van der Waals surface area contributed by atoms with Crippen molar-refractivity contribution in [3.05, 3.63) is 11.7 Å². The summed E-state index contributed by atoms with van der Waals surface area (Å²) in [5.41, 5.74) is 20.9. The van der Waals surface area contributed by atoms with Crippen molar-refractivity contribution in [1.29, 1.82) is 0 Å². The third kappa shape index (κ3) is 2.74. The summed E-state index contributed by atoms with van der Waals surface area (Å²) in [5.74, 6) is -0.442. The normalized spacial score (nSPS) is 16.4. The van der Waals surface area contributed by atoms with Crippen molar-refractivity contribution in [2.45, 2.75) is 6.92 Å². The fourth-order valence-electron chi connectivity index (χ4n) is 0.512. The maximum Gasteiger partial charge on any atom is 1.00 e. The van der Waals surface area contributed by atoms with Gasteiger partial charge in [0.15, 0.2) is 0 Å². The predicted octanol–water partition coefficient (Wildman–Crippen LogP) is -5.08. The van der Waals surface area contributed by atoms with Crippen LogP contribution >= 0.6 is 0 Å². The second kappa shape index (κ2) is 5.52. The number of rotatable bonds is 2. The van der Waals surface area contributed by atoms with Crippen LogP contribution < -0.4 is 51.5 Å². The Hall–Kier alpha value is -0.110. The number of hydrogen-bond donors (Lipinski definition) is 0. The molecule has 1 aliphatic rings. The number of carbonyl (C=O) groups excluding carboxylic acids is 1. The summed E-state index contributed by atoms with van der Waals surface area (Å²) in [7, 11) is 0. The van der Waals surface area contributed by atoms with Crippen molar-refractivity contribution in [3.63, 3.8) is 0 Å². The van der Waals surface area contributed by atoms with Crippen LogP contribution in [0.25, 0.3) is 5.53 Å². The van der Waals surface area contributed by atoms with Gasteiger partial charge in [-0.2, -0.15) is 4.79 Å². The Bertz CT molecular complexity index is 218. The molecule has 0 atom stereocenters. The van der Waals surface area contributed by atoms with Gasteiger partial charge in [-0.25, -0.2) is 0 Å². The van der Waals surface area contributed by atoms with Gasteiger partial charge in [0.25, 0.3) is 6.17 Å². The molecule has 5 radical (unpaired) electrons. The first kappa shape index (κ1) is 11.9. The molecule has 1 rings (SSSR count). The van der Waals surface area contributed by atoms with Gasteiger partial charge >= 0.3 is 35.3 Å². The molecule has 0 spiro atoms. The minimum absolute atomic E-state index is 0. The zero-order valence-corrected chi connectivity index (χ0v) is 8.59. The van der Waals surface area contributed by atoms with E-state index in [2.05, 4.69) is 26.7 Å². The van der Waals surface area contributed by atoms with E-state index in [0.717, 1.165) is 0 Å². The van der Waals surface area contributed by atoms with E-state index in [1.54, 1.807) is 0 Å². The maximum absolute atomic E-state index is 10.6. The average Bonchev–Trinajstić information content (AvgIpc) is 2.40. The minimum Gasteiger partial charge on any atom is -0.361 e. The number of Topliss-reactive ketones (excluding diaryl/α,β-unsaturated/α-hetero) is 1. The summed E-state index contributed by atoms with van der Waals surface area (Å²) >= 11 is 0. The standard InChI is InChI=1S/C4H3N6O.Na/c1-2(11)3(6-5)4-7-9-10-8-4;/h1H3;/q;+1. The van der Waals surface area contributed by atoms with Crippen LogP contribution in [0.5, 0.6) is 0 Å². The molecular weight excluding hydrogens is 171 g/mol. The molecule has 0 aliphatic carbocycles. The first-order valence-corrected chi connectivity index (χ1v) is 2.67. The van der Waals surface area contributed by atoms with E-state index < -0.39 is 5.78 Å². The van der Waals surface area contributed by atoms with Crippen LogP contribution in [-0.4, -0.2) is 16.3 Å².